The smallest absolute Gasteiger partial charge is 0.226 e. The number of rotatable bonds is 3. The molecule has 2 fully saturated rings. The highest BCUT2D eigenvalue weighted by atomic mass is 35.5. The number of carbonyl (C=O) groups excluding carboxylic acids is 1. The minimum atomic E-state index is 0. The van der Waals surface area contributed by atoms with Gasteiger partial charge in [0.15, 0.2) is 0 Å². The van der Waals surface area contributed by atoms with Gasteiger partial charge in [-0.25, -0.2) is 0 Å². The fraction of sp³-hybridized carbons (Fsp3) is 0.917. The SMILES string of the molecule is CN(CC1CCCO1)C(=O)[C@@H]1CCCNC1.Cl. The van der Waals surface area contributed by atoms with E-state index in [-0.39, 0.29) is 30.3 Å². The van der Waals surface area contributed by atoms with Crippen molar-refractivity contribution in [1.82, 2.24) is 10.2 Å². The second-order valence-corrected chi connectivity index (χ2v) is 4.90. The van der Waals surface area contributed by atoms with Crippen LogP contribution in [0, 0.1) is 5.92 Å². The first-order valence-electron chi connectivity index (χ1n) is 6.34. The summed E-state index contributed by atoms with van der Waals surface area (Å²) >= 11 is 0. The Labute approximate surface area is 109 Å². The van der Waals surface area contributed by atoms with Gasteiger partial charge >= 0.3 is 0 Å². The molecule has 2 aliphatic heterocycles. The minimum absolute atomic E-state index is 0. The van der Waals surface area contributed by atoms with Crippen LogP contribution in [0.4, 0.5) is 0 Å². The molecule has 2 heterocycles. The molecule has 2 atom stereocenters. The van der Waals surface area contributed by atoms with Crippen LogP contribution < -0.4 is 5.32 Å². The average Bonchev–Trinajstić information content (AvgIpc) is 2.82. The molecule has 100 valence electrons. The number of ether oxygens (including phenoxy) is 1. The zero-order valence-electron chi connectivity index (χ0n) is 10.5. The van der Waals surface area contributed by atoms with Gasteiger partial charge in [-0.1, -0.05) is 0 Å². The summed E-state index contributed by atoms with van der Waals surface area (Å²) in [5.74, 6) is 0.461. The normalized spacial score (nSPS) is 28.5. The molecule has 1 amide bonds. The lowest BCUT2D eigenvalue weighted by Crippen LogP contribution is -2.43. The quantitative estimate of drug-likeness (QED) is 0.827. The van der Waals surface area contributed by atoms with Crippen LogP contribution in [0.25, 0.3) is 0 Å². The van der Waals surface area contributed by atoms with Crippen molar-refractivity contribution in [3.05, 3.63) is 0 Å². The first-order chi connectivity index (χ1) is 7.77. The van der Waals surface area contributed by atoms with Gasteiger partial charge in [-0.15, -0.1) is 12.4 Å². The maximum absolute atomic E-state index is 12.1. The van der Waals surface area contributed by atoms with Gasteiger partial charge in [-0.05, 0) is 32.2 Å². The summed E-state index contributed by atoms with van der Waals surface area (Å²) in [6, 6.07) is 0. The van der Waals surface area contributed by atoms with Gasteiger partial charge in [-0.3, -0.25) is 4.79 Å². The van der Waals surface area contributed by atoms with Crippen molar-refractivity contribution in [3.8, 4) is 0 Å². The van der Waals surface area contributed by atoms with Gasteiger partial charge in [0.1, 0.15) is 0 Å². The summed E-state index contributed by atoms with van der Waals surface area (Å²) in [5, 5.41) is 3.29. The Morgan fingerprint density at radius 1 is 1.41 bits per heavy atom. The number of hydrogen-bond donors (Lipinski definition) is 1. The maximum Gasteiger partial charge on any atom is 0.226 e. The van der Waals surface area contributed by atoms with Crippen LogP contribution in [0.3, 0.4) is 0 Å². The summed E-state index contributed by atoms with van der Waals surface area (Å²) in [4.78, 5) is 14.0. The van der Waals surface area contributed by atoms with Gasteiger partial charge in [0.05, 0.1) is 12.0 Å². The van der Waals surface area contributed by atoms with E-state index in [9.17, 15) is 4.79 Å². The Morgan fingerprint density at radius 3 is 2.82 bits per heavy atom. The summed E-state index contributed by atoms with van der Waals surface area (Å²) in [6.45, 7) is 3.51. The Morgan fingerprint density at radius 2 is 2.24 bits per heavy atom. The molecule has 0 radical (unpaired) electrons. The van der Waals surface area contributed by atoms with Crippen molar-refractivity contribution in [3.63, 3.8) is 0 Å². The molecule has 2 aliphatic rings. The van der Waals surface area contributed by atoms with E-state index in [2.05, 4.69) is 5.32 Å². The molecular weight excluding hydrogens is 240 g/mol. The second-order valence-electron chi connectivity index (χ2n) is 4.90. The van der Waals surface area contributed by atoms with Crippen LogP contribution in [0.1, 0.15) is 25.7 Å². The number of piperidine rings is 1. The Bertz CT molecular complexity index is 239. The third-order valence-electron chi connectivity index (χ3n) is 3.52. The average molecular weight is 263 g/mol. The number of hydrogen-bond acceptors (Lipinski definition) is 3. The molecule has 0 aromatic heterocycles. The molecule has 0 aliphatic carbocycles. The lowest BCUT2D eigenvalue weighted by Gasteiger charge is -2.28. The first kappa shape index (κ1) is 14.7. The van der Waals surface area contributed by atoms with Crippen LogP contribution >= 0.6 is 12.4 Å². The molecule has 1 N–H and O–H groups in total. The van der Waals surface area contributed by atoms with Crippen molar-refractivity contribution >= 4 is 18.3 Å². The van der Waals surface area contributed by atoms with Crippen LogP contribution in [-0.2, 0) is 9.53 Å². The van der Waals surface area contributed by atoms with Crippen LogP contribution in [0.5, 0.6) is 0 Å². The van der Waals surface area contributed by atoms with Crippen molar-refractivity contribution in [2.24, 2.45) is 5.92 Å². The Hall–Kier alpha value is -0.320. The first-order valence-corrected chi connectivity index (χ1v) is 6.34. The van der Waals surface area contributed by atoms with Gasteiger partial charge in [-0.2, -0.15) is 0 Å². The van der Waals surface area contributed by atoms with Crippen molar-refractivity contribution in [2.45, 2.75) is 31.8 Å². The predicted octanol–water partition coefficient (Wildman–Crippen LogP) is 1.05. The Kier molecular flexibility index (Phi) is 6.23. The van der Waals surface area contributed by atoms with Crippen molar-refractivity contribution in [2.75, 3.05) is 33.3 Å². The summed E-state index contributed by atoms with van der Waals surface area (Å²) in [6.07, 6.45) is 4.65. The highest BCUT2D eigenvalue weighted by Gasteiger charge is 2.26. The van der Waals surface area contributed by atoms with E-state index in [1.807, 2.05) is 11.9 Å². The van der Waals surface area contributed by atoms with Crippen LogP contribution in [0.2, 0.25) is 0 Å². The fourth-order valence-electron chi connectivity index (χ4n) is 2.56. The molecule has 2 saturated heterocycles. The molecule has 2 rings (SSSR count). The third-order valence-corrected chi connectivity index (χ3v) is 3.52. The minimum Gasteiger partial charge on any atom is -0.376 e. The second kappa shape index (κ2) is 7.19. The lowest BCUT2D eigenvalue weighted by molar-refractivity contribution is -0.136. The number of nitrogens with zero attached hydrogens (tertiary/aromatic N) is 1. The zero-order valence-corrected chi connectivity index (χ0v) is 11.3. The highest BCUT2D eigenvalue weighted by molar-refractivity contribution is 5.85. The topological polar surface area (TPSA) is 41.6 Å². The van der Waals surface area contributed by atoms with E-state index in [1.54, 1.807) is 0 Å². The summed E-state index contributed by atoms with van der Waals surface area (Å²) in [5.41, 5.74) is 0. The molecule has 4 nitrogen and oxygen atoms in total. The summed E-state index contributed by atoms with van der Waals surface area (Å²) < 4.78 is 5.55. The van der Waals surface area contributed by atoms with E-state index in [0.717, 1.165) is 51.9 Å². The molecule has 0 saturated carbocycles. The number of nitrogens with one attached hydrogen (secondary N) is 1. The standard InChI is InChI=1S/C12H22N2O2.ClH/c1-14(9-11-5-3-7-16-11)12(15)10-4-2-6-13-8-10;/h10-11,13H,2-9H2,1H3;1H/t10-,11?;/m1./s1. The number of amides is 1. The Balaban J connectivity index is 0.00000144. The highest BCUT2D eigenvalue weighted by Crippen LogP contribution is 2.16. The van der Waals surface area contributed by atoms with Gasteiger partial charge in [0.2, 0.25) is 5.91 Å². The number of carbonyl (C=O) groups is 1. The molecule has 1 unspecified atom stereocenters. The molecular formula is C12H23ClN2O2. The maximum atomic E-state index is 12.1. The molecule has 0 bridgehead atoms. The van der Waals surface area contributed by atoms with Gasteiger partial charge < -0.3 is 15.0 Å². The van der Waals surface area contributed by atoms with Gasteiger partial charge in [0.25, 0.3) is 0 Å². The number of halogens is 1. The fourth-order valence-corrected chi connectivity index (χ4v) is 2.56. The number of likely N-dealkylation sites (N-methyl/N-ethyl adjacent to an activating group) is 1. The zero-order chi connectivity index (χ0) is 11.4. The van der Waals surface area contributed by atoms with Crippen LogP contribution in [-0.4, -0.2) is 50.2 Å². The van der Waals surface area contributed by atoms with Gasteiger partial charge in [0, 0.05) is 26.7 Å². The summed E-state index contributed by atoms with van der Waals surface area (Å²) in [7, 11) is 1.90. The predicted molar refractivity (Wildman–Crippen MR) is 69.5 cm³/mol. The van der Waals surface area contributed by atoms with Crippen molar-refractivity contribution < 1.29 is 9.53 Å². The van der Waals surface area contributed by atoms with Crippen molar-refractivity contribution in [1.29, 1.82) is 0 Å². The molecule has 5 heteroatoms. The lowest BCUT2D eigenvalue weighted by atomic mass is 9.98. The van der Waals surface area contributed by atoms with E-state index >= 15 is 0 Å². The van der Waals surface area contributed by atoms with E-state index in [4.69, 9.17) is 4.74 Å². The molecule has 0 aromatic carbocycles. The molecule has 17 heavy (non-hydrogen) atoms. The van der Waals surface area contributed by atoms with E-state index < -0.39 is 0 Å². The van der Waals surface area contributed by atoms with E-state index in [0.29, 0.717) is 0 Å². The molecule has 0 aromatic rings. The largest absolute Gasteiger partial charge is 0.376 e. The molecule has 0 spiro atoms. The van der Waals surface area contributed by atoms with E-state index in [1.165, 1.54) is 0 Å². The van der Waals surface area contributed by atoms with Crippen LogP contribution in [0.15, 0.2) is 0 Å². The third kappa shape index (κ3) is 4.12. The monoisotopic (exact) mass is 262 g/mol.